The summed E-state index contributed by atoms with van der Waals surface area (Å²) in [5, 5.41) is 0. The van der Waals surface area contributed by atoms with E-state index in [0.29, 0.717) is 13.2 Å². The standard InChI is InChI=1S/C5H12O3P.HI.Zn/c1-4-7-9(3,6)8-5-2;;/h3-5H2,1-2H3;1H;/p-1. The van der Waals surface area contributed by atoms with Crippen LogP contribution < -0.4 is 24.0 Å². The van der Waals surface area contributed by atoms with Crippen LogP contribution in [0.4, 0.5) is 0 Å². The summed E-state index contributed by atoms with van der Waals surface area (Å²) >= 11 is 0. The number of hydrogen-bond donors (Lipinski definition) is 0. The summed E-state index contributed by atoms with van der Waals surface area (Å²) in [4.78, 5) is 10.9. The van der Waals surface area contributed by atoms with Gasteiger partial charge in [-0.1, -0.05) is 6.66 Å². The summed E-state index contributed by atoms with van der Waals surface area (Å²) < 4.78 is 9.38. The zero-order valence-electron chi connectivity index (χ0n) is 6.88. The summed E-state index contributed by atoms with van der Waals surface area (Å²) in [7, 11) is -2.94. The van der Waals surface area contributed by atoms with Gasteiger partial charge in [-0.15, -0.1) is 0 Å². The Kier molecular flexibility index (Phi) is 16.3. The molecule has 0 heterocycles. The van der Waals surface area contributed by atoms with Crippen LogP contribution in [0.1, 0.15) is 13.8 Å². The average Bonchev–Trinajstić information content (AvgIpc) is 1.64. The molecule has 0 aliphatic carbocycles. The van der Waals surface area contributed by atoms with Crippen molar-refractivity contribution in [3.05, 3.63) is 6.66 Å². The van der Waals surface area contributed by atoms with Gasteiger partial charge in [0, 0.05) is 19.5 Å². The quantitative estimate of drug-likeness (QED) is 0.286. The van der Waals surface area contributed by atoms with E-state index in [4.69, 9.17) is 9.05 Å². The Bertz CT molecular complexity index is 76.1. The molecule has 0 aromatic carbocycles. The molecule has 0 fully saturated rings. The fourth-order valence-electron chi connectivity index (χ4n) is 0.431. The molecule has 0 saturated heterocycles. The predicted octanol–water partition coefficient (Wildman–Crippen LogP) is -0.954. The van der Waals surface area contributed by atoms with Gasteiger partial charge in [-0.25, -0.2) is 9.05 Å². The van der Waals surface area contributed by atoms with Crippen LogP contribution in [-0.2, 0) is 33.4 Å². The minimum absolute atomic E-state index is 0. The molecule has 0 bridgehead atoms. The second kappa shape index (κ2) is 9.75. The molecule has 1 radical (unpaired) electrons. The molecule has 11 heavy (non-hydrogen) atoms. The van der Waals surface area contributed by atoms with E-state index in [-0.39, 0.29) is 43.5 Å². The van der Waals surface area contributed by atoms with Gasteiger partial charge < -0.3 is 24.0 Å². The van der Waals surface area contributed by atoms with E-state index in [9.17, 15) is 4.89 Å². The largest absolute Gasteiger partial charge is 1.00 e. The molecular weight excluding hydrogens is 331 g/mol. The van der Waals surface area contributed by atoms with Crippen molar-refractivity contribution in [3.63, 3.8) is 0 Å². The van der Waals surface area contributed by atoms with Gasteiger partial charge in [0.1, 0.15) is 0 Å². The van der Waals surface area contributed by atoms with Gasteiger partial charge in [0.05, 0.1) is 13.2 Å². The number of rotatable bonds is 4. The van der Waals surface area contributed by atoms with E-state index in [1.807, 2.05) is 0 Å². The number of hydrogen-bond acceptors (Lipinski definition) is 2. The maximum absolute atomic E-state index is 10.9. The first-order valence-electron chi connectivity index (χ1n) is 2.86. The Hall–Kier alpha value is 1.66. The Balaban J connectivity index is -0.000000320. The molecule has 0 spiro atoms. The van der Waals surface area contributed by atoms with Crippen LogP contribution in [0.2, 0.25) is 0 Å². The third kappa shape index (κ3) is 11.7. The summed E-state index contributed by atoms with van der Waals surface area (Å²) in [6.07, 6.45) is 0. The molecule has 0 rings (SSSR count). The first-order valence-corrected chi connectivity index (χ1v) is 4.58. The zero-order valence-corrected chi connectivity index (χ0v) is 12.9. The van der Waals surface area contributed by atoms with Gasteiger partial charge >= 0.3 is 7.94 Å². The van der Waals surface area contributed by atoms with Crippen LogP contribution in [-0.4, -0.2) is 13.2 Å². The molecule has 0 aliphatic rings. The first kappa shape index (κ1) is 18.4. The molecule has 3 nitrogen and oxygen atoms in total. The molecule has 0 aromatic rings. The van der Waals surface area contributed by atoms with E-state index >= 15 is 0 Å². The molecule has 0 unspecified atom stereocenters. The normalized spacial score (nSPS) is 9.82. The van der Waals surface area contributed by atoms with Crippen LogP contribution in [0.5, 0.6) is 0 Å². The predicted molar refractivity (Wildman–Crippen MR) is 36.2 cm³/mol. The molecule has 65 valence electrons. The third-order valence-corrected chi connectivity index (χ3v) is 1.95. The molecule has 0 atom stereocenters. The van der Waals surface area contributed by atoms with Crippen LogP contribution >= 0.6 is 7.94 Å². The maximum atomic E-state index is 10.9. The van der Waals surface area contributed by atoms with Crippen LogP contribution in [0.3, 0.4) is 0 Å². The van der Waals surface area contributed by atoms with Crippen LogP contribution in [0.15, 0.2) is 0 Å². The van der Waals surface area contributed by atoms with E-state index in [2.05, 4.69) is 6.66 Å². The van der Waals surface area contributed by atoms with E-state index in [1.165, 1.54) is 0 Å². The van der Waals surface area contributed by atoms with E-state index in [1.54, 1.807) is 13.8 Å². The van der Waals surface area contributed by atoms with Gasteiger partial charge in [-0.05, 0) is 18.7 Å². The van der Waals surface area contributed by atoms with Gasteiger partial charge in [0.15, 0.2) is 0 Å². The van der Waals surface area contributed by atoms with Gasteiger partial charge in [0.25, 0.3) is 0 Å². The van der Waals surface area contributed by atoms with Crippen LogP contribution in [0, 0.1) is 6.66 Å². The zero-order chi connectivity index (χ0) is 7.33. The fourth-order valence-corrected chi connectivity index (χ4v) is 1.29. The number of halogens is 1. The Labute approximate surface area is 98.6 Å². The minimum atomic E-state index is -2.94. The van der Waals surface area contributed by atoms with Crippen molar-refractivity contribution in [3.8, 4) is 0 Å². The Morgan fingerprint density at radius 3 is 1.73 bits per heavy atom. The van der Waals surface area contributed by atoms with Crippen molar-refractivity contribution >= 4 is 7.94 Å². The smallest absolute Gasteiger partial charge is 0.319 e. The van der Waals surface area contributed by atoms with Gasteiger partial charge in [-0.2, -0.15) is 0 Å². The van der Waals surface area contributed by atoms with Crippen LogP contribution in [0.25, 0.3) is 0 Å². The van der Waals surface area contributed by atoms with E-state index < -0.39 is 7.94 Å². The second-order valence-corrected chi connectivity index (χ2v) is 3.18. The molecule has 0 aliphatic heterocycles. The monoisotopic (exact) mass is 342 g/mol. The van der Waals surface area contributed by atoms with Crippen molar-refractivity contribution in [1.29, 1.82) is 0 Å². The molecule has 0 amide bonds. The second-order valence-electron chi connectivity index (χ2n) is 1.45. The van der Waals surface area contributed by atoms with Crippen molar-refractivity contribution in [1.82, 2.24) is 0 Å². The minimum Gasteiger partial charge on any atom is -1.00 e. The summed E-state index contributed by atoms with van der Waals surface area (Å²) in [5.41, 5.74) is 0. The van der Waals surface area contributed by atoms with Gasteiger partial charge in [0.2, 0.25) is 0 Å². The first-order chi connectivity index (χ1) is 4.12. The third-order valence-electron chi connectivity index (χ3n) is 0.652. The van der Waals surface area contributed by atoms with Gasteiger partial charge in [-0.3, -0.25) is 0 Å². The molecule has 0 aromatic heterocycles. The molecule has 6 heteroatoms. The fraction of sp³-hybridized carbons (Fsp3) is 0.800. The van der Waals surface area contributed by atoms with Crippen molar-refractivity contribution in [2.24, 2.45) is 0 Å². The Morgan fingerprint density at radius 2 is 1.55 bits per heavy atom. The summed E-state index contributed by atoms with van der Waals surface area (Å²) in [5.74, 6) is 0. The van der Waals surface area contributed by atoms with Crippen molar-refractivity contribution < 1.29 is 57.4 Å². The summed E-state index contributed by atoms with van der Waals surface area (Å²) in [6, 6.07) is 0. The SMILES string of the molecule is [CH2-][P+]([O])(OCC)OCC.[I-].[Zn]. The van der Waals surface area contributed by atoms with Crippen molar-refractivity contribution in [2.75, 3.05) is 13.2 Å². The molecular formula is C5H12IO3PZn-. The molecule has 0 saturated carbocycles. The van der Waals surface area contributed by atoms with E-state index in [0.717, 1.165) is 0 Å². The Morgan fingerprint density at radius 1 is 1.27 bits per heavy atom. The topological polar surface area (TPSA) is 38.4 Å². The van der Waals surface area contributed by atoms with Crippen molar-refractivity contribution in [2.45, 2.75) is 13.8 Å². The maximum Gasteiger partial charge on any atom is 0.319 e. The summed E-state index contributed by atoms with van der Waals surface area (Å²) in [6.45, 7) is 7.51. The molecule has 0 N–H and O–H groups in total. The average molecular weight is 343 g/mol.